The normalized spacial score (nSPS) is 37.9. The van der Waals surface area contributed by atoms with Crippen molar-refractivity contribution in [3.63, 3.8) is 0 Å². The molecule has 3 aliphatic rings. The fourth-order valence-corrected chi connectivity index (χ4v) is 4.84. The van der Waals surface area contributed by atoms with E-state index in [0.717, 1.165) is 18.4 Å². The highest BCUT2D eigenvalue weighted by Crippen LogP contribution is 2.43. The van der Waals surface area contributed by atoms with E-state index in [4.69, 9.17) is 19.3 Å². The van der Waals surface area contributed by atoms with Crippen LogP contribution in [0.4, 0.5) is 0 Å². The molecule has 3 heterocycles. The Balaban J connectivity index is 1.52. The highest BCUT2D eigenvalue weighted by atomic mass is 16.6. The molecule has 35 heavy (non-hydrogen) atoms. The van der Waals surface area contributed by atoms with Gasteiger partial charge in [-0.05, 0) is 44.6 Å². The van der Waals surface area contributed by atoms with Crippen molar-refractivity contribution in [2.24, 2.45) is 11.8 Å². The number of ether oxygens (including phenoxy) is 3. The molecule has 0 aromatic rings. The van der Waals surface area contributed by atoms with E-state index in [0.29, 0.717) is 18.9 Å². The van der Waals surface area contributed by atoms with Crippen molar-refractivity contribution >= 4 is 11.9 Å². The van der Waals surface area contributed by atoms with Gasteiger partial charge in [0.15, 0.2) is 0 Å². The first-order valence-electron chi connectivity index (χ1n) is 12.7. The summed E-state index contributed by atoms with van der Waals surface area (Å²) in [6.45, 7) is 10.6. The number of aliphatic hydroxyl groups excluding tert-OH is 1. The standard InChI is InChI=1S/C27H41NO7/c1-16(2)6-11-24(29)28-21-12-18(4)22(34-19(21)5)9-7-17(3)8-10-23-26(32)27(15-33-27)14-20(35-23)13-25(30)31/h6-8,10-11,16,18-23,26,32H,9,12-15H2,1-5H3,(H,28,29)(H,30,31)/b10-8+,11-6-,17-7+/t18-,19+,20+,21+,22-,23+,26-,27+/m0/s1. The Morgan fingerprint density at radius 3 is 2.54 bits per heavy atom. The summed E-state index contributed by atoms with van der Waals surface area (Å²) in [7, 11) is 0. The van der Waals surface area contributed by atoms with Gasteiger partial charge in [-0.25, -0.2) is 0 Å². The van der Waals surface area contributed by atoms with Crippen LogP contribution in [0.2, 0.25) is 0 Å². The number of carbonyl (C=O) groups excluding carboxylic acids is 1. The molecule has 8 nitrogen and oxygen atoms in total. The number of rotatable bonds is 9. The van der Waals surface area contributed by atoms with Crippen LogP contribution in [0, 0.1) is 11.8 Å². The lowest BCUT2D eigenvalue weighted by molar-refractivity contribution is -0.155. The Bertz CT molecular complexity index is 844. The molecular formula is C27H41NO7. The van der Waals surface area contributed by atoms with Crippen LogP contribution in [0.25, 0.3) is 0 Å². The monoisotopic (exact) mass is 491 g/mol. The van der Waals surface area contributed by atoms with Gasteiger partial charge in [-0.3, -0.25) is 9.59 Å². The zero-order valence-electron chi connectivity index (χ0n) is 21.5. The molecule has 0 radical (unpaired) electrons. The van der Waals surface area contributed by atoms with Gasteiger partial charge in [-0.1, -0.05) is 50.6 Å². The van der Waals surface area contributed by atoms with Crippen LogP contribution in [0.1, 0.15) is 60.3 Å². The van der Waals surface area contributed by atoms with E-state index in [9.17, 15) is 14.7 Å². The molecule has 3 N–H and O–H groups in total. The number of carboxylic acid groups (broad SMARTS) is 1. The first kappa shape index (κ1) is 27.6. The number of aliphatic hydroxyl groups is 1. The Morgan fingerprint density at radius 1 is 1.20 bits per heavy atom. The van der Waals surface area contributed by atoms with Gasteiger partial charge in [-0.15, -0.1) is 0 Å². The van der Waals surface area contributed by atoms with E-state index in [2.05, 4.69) is 18.3 Å². The van der Waals surface area contributed by atoms with Crippen LogP contribution < -0.4 is 5.32 Å². The molecule has 0 aromatic heterocycles. The van der Waals surface area contributed by atoms with Crippen molar-refractivity contribution in [3.05, 3.63) is 36.0 Å². The molecule has 0 saturated carbocycles. The summed E-state index contributed by atoms with van der Waals surface area (Å²) in [5, 5.41) is 22.8. The highest BCUT2D eigenvalue weighted by molar-refractivity contribution is 5.87. The Kier molecular flexibility index (Phi) is 9.32. The van der Waals surface area contributed by atoms with E-state index in [-0.39, 0.29) is 36.5 Å². The number of amides is 1. The second-order valence-corrected chi connectivity index (χ2v) is 10.7. The second kappa shape index (κ2) is 11.8. The average molecular weight is 492 g/mol. The van der Waals surface area contributed by atoms with Gasteiger partial charge in [0.25, 0.3) is 0 Å². The molecule has 3 saturated heterocycles. The summed E-state index contributed by atoms with van der Waals surface area (Å²) in [5.74, 6) is -0.395. The fourth-order valence-electron chi connectivity index (χ4n) is 4.84. The van der Waals surface area contributed by atoms with Crippen molar-refractivity contribution < 1.29 is 34.0 Å². The van der Waals surface area contributed by atoms with Gasteiger partial charge < -0.3 is 29.7 Å². The van der Waals surface area contributed by atoms with E-state index >= 15 is 0 Å². The minimum Gasteiger partial charge on any atom is -0.481 e. The first-order chi connectivity index (χ1) is 16.5. The topological polar surface area (TPSA) is 118 Å². The Hall–Kier alpha value is -2.00. The number of epoxide rings is 1. The van der Waals surface area contributed by atoms with Crippen LogP contribution in [-0.2, 0) is 23.8 Å². The van der Waals surface area contributed by atoms with Crippen molar-refractivity contribution in [2.75, 3.05) is 6.61 Å². The van der Waals surface area contributed by atoms with Crippen LogP contribution in [0.15, 0.2) is 36.0 Å². The molecule has 8 atom stereocenters. The molecule has 8 heteroatoms. The summed E-state index contributed by atoms with van der Waals surface area (Å²) in [6, 6.07) is -0.0174. The van der Waals surface area contributed by atoms with Gasteiger partial charge in [0.1, 0.15) is 17.8 Å². The van der Waals surface area contributed by atoms with Gasteiger partial charge in [0.05, 0.1) is 37.4 Å². The number of hydrogen-bond acceptors (Lipinski definition) is 6. The van der Waals surface area contributed by atoms with Gasteiger partial charge in [0, 0.05) is 6.42 Å². The molecule has 3 aliphatic heterocycles. The number of carbonyl (C=O) groups is 2. The Morgan fingerprint density at radius 2 is 1.91 bits per heavy atom. The summed E-state index contributed by atoms with van der Waals surface area (Å²) < 4.78 is 17.6. The molecule has 0 unspecified atom stereocenters. The summed E-state index contributed by atoms with van der Waals surface area (Å²) >= 11 is 0. The fraction of sp³-hybridized carbons (Fsp3) is 0.704. The molecule has 0 bridgehead atoms. The van der Waals surface area contributed by atoms with Crippen LogP contribution in [0.3, 0.4) is 0 Å². The number of carboxylic acids is 1. The van der Waals surface area contributed by atoms with Gasteiger partial charge in [-0.2, -0.15) is 0 Å². The van der Waals surface area contributed by atoms with Crippen LogP contribution in [0.5, 0.6) is 0 Å². The van der Waals surface area contributed by atoms with Crippen LogP contribution in [-0.4, -0.2) is 70.9 Å². The van der Waals surface area contributed by atoms with Crippen molar-refractivity contribution in [1.82, 2.24) is 5.32 Å². The molecule has 3 rings (SSSR count). The minimum absolute atomic E-state index is 0.0174. The predicted molar refractivity (Wildman–Crippen MR) is 132 cm³/mol. The molecule has 3 fully saturated rings. The van der Waals surface area contributed by atoms with Crippen LogP contribution >= 0.6 is 0 Å². The van der Waals surface area contributed by atoms with Crippen molar-refractivity contribution in [2.45, 2.75) is 102 Å². The third-order valence-corrected chi connectivity index (χ3v) is 7.09. The van der Waals surface area contributed by atoms with E-state index in [1.54, 1.807) is 12.2 Å². The SMILES string of the molecule is CC(/C=C/[C@H]1O[C@H](CC(=O)O)C[C@@]2(CO2)[C@H]1O)=C\C[C@@H]1O[C@H](C)[C@H](NC(=O)/C=C\C(C)C)C[C@@H]1C. The lowest BCUT2D eigenvalue weighted by Crippen LogP contribution is -2.50. The van der Waals surface area contributed by atoms with Crippen molar-refractivity contribution in [3.8, 4) is 0 Å². The highest BCUT2D eigenvalue weighted by Gasteiger charge is 2.58. The van der Waals surface area contributed by atoms with Gasteiger partial charge in [0.2, 0.25) is 5.91 Å². The lowest BCUT2D eigenvalue weighted by Gasteiger charge is -2.39. The third-order valence-electron chi connectivity index (χ3n) is 7.09. The largest absolute Gasteiger partial charge is 0.481 e. The zero-order chi connectivity index (χ0) is 25.8. The Labute approximate surface area is 208 Å². The summed E-state index contributed by atoms with van der Waals surface area (Å²) in [6.07, 6.45) is 9.20. The van der Waals surface area contributed by atoms with E-state index < -0.39 is 29.9 Å². The number of hydrogen-bond donors (Lipinski definition) is 3. The minimum atomic E-state index is -0.925. The average Bonchev–Trinajstić information content (AvgIpc) is 3.54. The molecule has 1 spiro atoms. The second-order valence-electron chi connectivity index (χ2n) is 10.7. The molecule has 0 aliphatic carbocycles. The first-order valence-corrected chi connectivity index (χ1v) is 12.7. The molecule has 1 amide bonds. The van der Waals surface area contributed by atoms with E-state index in [1.165, 1.54) is 0 Å². The number of allylic oxidation sites excluding steroid dienone is 3. The maximum absolute atomic E-state index is 12.2. The van der Waals surface area contributed by atoms with Gasteiger partial charge >= 0.3 is 5.97 Å². The third kappa shape index (κ3) is 7.74. The smallest absolute Gasteiger partial charge is 0.305 e. The predicted octanol–water partition coefficient (Wildman–Crippen LogP) is 3.15. The van der Waals surface area contributed by atoms with Crippen molar-refractivity contribution in [1.29, 1.82) is 0 Å². The summed E-state index contributed by atoms with van der Waals surface area (Å²) in [4.78, 5) is 23.3. The maximum atomic E-state index is 12.2. The molecule has 196 valence electrons. The summed E-state index contributed by atoms with van der Waals surface area (Å²) in [5.41, 5.74) is 0.327. The maximum Gasteiger partial charge on any atom is 0.305 e. The zero-order valence-corrected chi connectivity index (χ0v) is 21.5. The molecular weight excluding hydrogens is 450 g/mol. The number of aliphatic carboxylic acids is 1. The van der Waals surface area contributed by atoms with E-state index in [1.807, 2.05) is 39.8 Å². The lowest BCUT2D eigenvalue weighted by atomic mass is 9.87. The number of nitrogens with one attached hydrogen (secondary N) is 1. The quantitative estimate of drug-likeness (QED) is 0.258. The molecule has 0 aromatic carbocycles.